The van der Waals surface area contributed by atoms with Crippen LogP contribution in [0.5, 0.6) is 0 Å². The number of rotatable bonds is 5. The van der Waals surface area contributed by atoms with Crippen molar-refractivity contribution in [2.75, 3.05) is 32.8 Å². The van der Waals surface area contributed by atoms with Gasteiger partial charge in [0.15, 0.2) is 0 Å². The number of carbonyl (C=O) groups excluding carboxylic acids is 2. The molecule has 3 fully saturated rings. The Kier molecular flexibility index (Phi) is 5.41. The summed E-state index contributed by atoms with van der Waals surface area (Å²) in [4.78, 5) is 29.0. The van der Waals surface area contributed by atoms with Gasteiger partial charge >= 0.3 is 6.03 Å². The molecule has 3 amide bonds. The van der Waals surface area contributed by atoms with Gasteiger partial charge in [-0.1, -0.05) is 6.92 Å². The van der Waals surface area contributed by atoms with E-state index < -0.39 is 0 Å². The molecule has 3 rings (SSSR count). The number of nitrogens with zero attached hydrogens (tertiary/aromatic N) is 2. The summed E-state index contributed by atoms with van der Waals surface area (Å²) in [5, 5.41) is 3.03. The van der Waals surface area contributed by atoms with Crippen LogP contribution in [0.2, 0.25) is 0 Å². The lowest BCUT2D eigenvalue weighted by molar-refractivity contribution is -0.131. The Morgan fingerprint density at radius 2 is 1.87 bits per heavy atom. The lowest BCUT2D eigenvalue weighted by atomic mass is 10.0. The Labute approximate surface area is 138 Å². The Balaban J connectivity index is 1.64. The maximum atomic E-state index is 12.7. The lowest BCUT2D eigenvalue weighted by Gasteiger charge is -2.38. The third-order valence-corrected chi connectivity index (χ3v) is 5.14. The summed E-state index contributed by atoms with van der Waals surface area (Å²) in [5.41, 5.74) is 0. The second-order valence-electron chi connectivity index (χ2n) is 6.98. The van der Waals surface area contributed by atoms with Crippen LogP contribution < -0.4 is 5.32 Å². The van der Waals surface area contributed by atoms with Gasteiger partial charge in [-0.05, 0) is 38.5 Å². The van der Waals surface area contributed by atoms with Gasteiger partial charge in [-0.25, -0.2) is 4.79 Å². The van der Waals surface area contributed by atoms with E-state index in [4.69, 9.17) is 4.74 Å². The molecule has 0 aromatic heterocycles. The van der Waals surface area contributed by atoms with E-state index >= 15 is 0 Å². The van der Waals surface area contributed by atoms with E-state index in [1.54, 1.807) is 0 Å². The van der Waals surface area contributed by atoms with E-state index in [1.807, 2.05) is 9.80 Å². The molecule has 2 heterocycles. The van der Waals surface area contributed by atoms with Crippen molar-refractivity contribution >= 4 is 11.9 Å². The molecule has 1 unspecified atom stereocenters. The minimum atomic E-state index is 0.0319. The number of hydrogen-bond acceptors (Lipinski definition) is 3. The summed E-state index contributed by atoms with van der Waals surface area (Å²) >= 11 is 0. The van der Waals surface area contributed by atoms with Gasteiger partial charge in [0.05, 0.1) is 6.04 Å². The molecule has 0 aromatic rings. The highest BCUT2D eigenvalue weighted by atomic mass is 16.5. The van der Waals surface area contributed by atoms with Crippen LogP contribution in [0.15, 0.2) is 0 Å². The van der Waals surface area contributed by atoms with Crippen molar-refractivity contribution in [1.82, 2.24) is 15.1 Å². The highest BCUT2D eigenvalue weighted by molar-refractivity contribution is 5.81. The molecule has 1 atom stereocenters. The lowest BCUT2D eigenvalue weighted by Crippen LogP contribution is -2.54. The minimum absolute atomic E-state index is 0.0319. The largest absolute Gasteiger partial charge is 0.381 e. The third kappa shape index (κ3) is 3.97. The van der Waals surface area contributed by atoms with E-state index in [-0.39, 0.29) is 24.0 Å². The number of nitrogens with one attached hydrogen (secondary N) is 1. The fourth-order valence-electron chi connectivity index (χ4n) is 3.67. The summed E-state index contributed by atoms with van der Waals surface area (Å²) in [7, 11) is 0. The summed E-state index contributed by atoms with van der Waals surface area (Å²) in [6.07, 6.45) is 5.71. The smallest absolute Gasteiger partial charge is 0.317 e. The molecule has 3 aliphatic rings. The van der Waals surface area contributed by atoms with E-state index in [9.17, 15) is 9.59 Å². The van der Waals surface area contributed by atoms with Gasteiger partial charge < -0.3 is 19.9 Å². The number of ether oxygens (including phenoxy) is 1. The fourth-order valence-corrected chi connectivity index (χ4v) is 3.67. The Bertz CT molecular complexity index is 433. The van der Waals surface area contributed by atoms with Crippen molar-refractivity contribution in [3.05, 3.63) is 0 Å². The SMILES string of the molecule is CCCNC(=O)N(C1CCOCC1)C1CCN(C(=O)C2CC2)C1. The molecular formula is C17H29N3O3. The second kappa shape index (κ2) is 7.51. The average Bonchev–Trinajstić information content (AvgIpc) is 3.32. The van der Waals surface area contributed by atoms with E-state index in [0.29, 0.717) is 19.0 Å². The summed E-state index contributed by atoms with van der Waals surface area (Å²) in [6, 6.07) is 0.420. The third-order valence-electron chi connectivity index (χ3n) is 5.14. The minimum Gasteiger partial charge on any atom is -0.381 e. The van der Waals surface area contributed by atoms with E-state index in [1.165, 1.54) is 0 Å². The van der Waals surface area contributed by atoms with Gasteiger partial charge in [0, 0.05) is 44.8 Å². The van der Waals surface area contributed by atoms with Gasteiger partial charge in [0.25, 0.3) is 0 Å². The first kappa shape index (κ1) is 16.6. The quantitative estimate of drug-likeness (QED) is 0.836. The van der Waals surface area contributed by atoms with Gasteiger partial charge in [0.1, 0.15) is 0 Å². The molecule has 1 N–H and O–H groups in total. The molecule has 0 radical (unpaired) electrons. The molecule has 0 aromatic carbocycles. The van der Waals surface area contributed by atoms with Crippen LogP contribution >= 0.6 is 0 Å². The van der Waals surface area contributed by atoms with Crippen molar-refractivity contribution in [1.29, 1.82) is 0 Å². The molecule has 0 bridgehead atoms. The molecular weight excluding hydrogens is 294 g/mol. The van der Waals surface area contributed by atoms with E-state index in [0.717, 1.165) is 58.3 Å². The second-order valence-corrected chi connectivity index (χ2v) is 6.98. The van der Waals surface area contributed by atoms with Crippen LogP contribution in [-0.4, -0.2) is 66.7 Å². The zero-order valence-electron chi connectivity index (χ0n) is 14.1. The molecule has 6 heteroatoms. The molecule has 1 aliphatic carbocycles. The van der Waals surface area contributed by atoms with Crippen molar-refractivity contribution < 1.29 is 14.3 Å². The predicted octanol–water partition coefficient (Wildman–Crippen LogP) is 1.60. The molecule has 2 saturated heterocycles. The van der Waals surface area contributed by atoms with Crippen LogP contribution in [0.3, 0.4) is 0 Å². The van der Waals surface area contributed by atoms with Crippen molar-refractivity contribution in [2.24, 2.45) is 5.92 Å². The van der Waals surface area contributed by atoms with Crippen molar-refractivity contribution in [2.45, 2.75) is 57.5 Å². The van der Waals surface area contributed by atoms with Crippen molar-refractivity contribution in [3.63, 3.8) is 0 Å². The normalized spacial score (nSPS) is 25.4. The summed E-state index contributed by atoms with van der Waals surface area (Å²) < 4.78 is 5.45. The highest BCUT2D eigenvalue weighted by Crippen LogP contribution is 2.33. The van der Waals surface area contributed by atoms with Crippen LogP contribution in [-0.2, 0) is 9.53 Å². The predicted molar refractivity (Wildman–Crippen MR) is 87.1 cm³/mol. The van der Waals surface area contributed by atoms with E-state index in [2.05, 4.69) is 12.2 Å². The zero-order valence-corrected chi connectivity index (χ0v) is 14.1. The van der Waals surface area contributed by atoms with Gasteiger partial charge in [-0.3, -0.25) is 4.79 Å². The van der Waals surface area contributed by atoms with Crippen LogP contribution in [0, 0.1) is 5.92 Å². The number of urea groups is 1. The molecule has 130 valence electrons. The monoisotopic (exact) mass is 323 g/mol. The maximum absolute atomic E-state index is 12.7. The van der Waals surface area contributed by atoms with Crippen LogP contribution in [0.1, 0.15) is 45.4 Å². The summed E-state index contributed by atoms with van der Waals surface area (Å²) in [5.74, 6) is 0.563. The van der Waals surface area contributed by atoms with Gasteiger partial charge in [-0.2, -0.15) is 0 Å². The standard InChI is InChI=1S/C17H29N3O3/c1-2-8-18-17(22)20(14-6-10-23-11-7-14)15-5-9-19(12-15)16(21)13-3-4-13/h13-15H,2-12H2,1H3,(H,18,22). The average molecular weight is 323 g/mol. The topological polar surface area (TPSA) is 61.9 Å². The number of hydrogen-bond donors (Lipinski definition) is 1. The molecule has 1 saturated carbocycles. The first-order valence-electron chi connectivity index (χ1n) is 9.13. The van der Waals surface area contributed by atoms with Crippen LogP contribution in [0.4, 0.5) is 4.79 Å². The summed E-state index contributed by atoms with van der Waals surface area (Å²) in [6.45, 7) is 5.70. The Morgan fingerprint density at radius 1 is 1.13 bits per heavy atom. The zero-order chi connectivity index (χ0) is 16.2. The van der Waals surface area contributed by atoms with Gasteiger partial charge in [0.2, 0.25) is 5.91 Å². The molecule has 6 nitrogen and oxygen atoms in total. The first-order valence-corrected chi connectivity index (χ1v) is 9.13. The first-order chi connectivity index (χ1) is 11.2. The fraction of sp³-hybridized carbons (Fsp3) is 0.882. The number of likely N-dealkylation sites (tertiary alicyclic amines) is 1. The van der Waals surface area contributed by atoms with Gasteiger partial charge in [-0.15, -0.1) is 0 Å². The number of carbonyl (C=O) groups is 2. The highest BCUT2D eigenvalue weighted by Gasteiger charge is 2.40. The molecule has 2 aliphatic heterocycles. The maximum Gasteiger partial charge on any atom is 0.317 e. The number of amides is 3. The van der Waals surface area contributed by atoms with Crippen LogP contribution in [0.25, 0.3) is 0 Å². The Morgan fingerprint density at radius 3 is 2.52 bits per heavy atom. The molecule has 0 spiro atoms. The van der Waals surface area contributed by atoms with Crippen molar-refractivity contribution in [3.8, 4) is 0 Å². The Hall–Kier alpha value is -1.30. The molecule has 23 heavy (non-hydrogen) atoms.